The molecule has 0 aliphatic heterocycles. The molecule has 3 aromatic carbocycles. The summed E-state index contributed by atoms with van der Waals surface area (Å²) in [5.41, 5.74) is 2.12. The second-order valence-corrected chi connectivity index (χ2v) is 19.4. The molecule has 58 heavy (non-hydrogen) atoms. The van der Waals surface area contributed by atoms with Crippen molar-refractivity contribution in [2.75, 3.05) is 41.7 Å². The highest BCUT2D eigenvalue weighted by Crippen LogP contribution is 2.38. The Morgan fingerprint density at radius 3 is 2.22 bits per heavy atom. The van der Waals surface area contributed by atoms with Crippen molar-refractivity contribution < 1.29 is 31.2 Å². The molecule has 1 saturated carbocycles. The predicted molar refractivity (Wildman–Crippen MR) is 229 cm³/mol. The van der Waals surface area contributed by atoms with E-state index in [1.807, 2.05) is 42.5 Å². The van der Waals surface area contributed by atoms with Crippen molar-refractivity contribution in [3.8, 4) is 5.75 Å². The second kappa shape index (κ2) is 19.3. The number of Topliss-reactive ketones (excluding diaryl/α,β-unsaturated/α-hetero) is 1. The number of aromatic nitrogens is 2. The van der Waals surface area contributed by atoms with Crippen LogP contribution in [0.15, 0.2) is 136 Å². The minimum absolute atomic E-state index is 0.0278. The molecule has 0 saturated heterocycles. The lowest BCUT2D eigenvalue weighted by Crippen LogP contribution is -2.39. The number of anilines is 2. The number of amides is 1. The van der Waals surface area contributed by atoms with Crippen LogP contribution in [0.3, 0.4) is 0 Å². The van der Waals surface area contributed by atoms with Crippen molar-refractivity contribution in [3.05, 3.63) is 133 Å². The number of ether oxygens (including phenoxy) is 1. The van der Waals surface area contributed by atoms with Crippen LogP contribution in [0, 0.1) is 0 Å². The Kier molecular flexibility index (Phi) is 14.2. The highest BCUT2D eigenvalue weighted by atomic mass is 32.2. The Balaban J connectivity index is 1.06. The van der Waals surface area contributed by atoms with E-state index in [2.05, 4.69) is 16.5 Å². The molecule has 0 spiro atoms. The van der Waals surface area contributed by atoms with Crippen LogP contribution >= 0.6 is 23.1 Å². The molecule has 1 aliphatic carbocycles. The van der Waals surface area contributed by atoms with Gasteiger partial charge in [0.05, 0.1) is 27.8 Å². The van der Waals surface area contributed by atoms with Crippen molar-refractivity contribution in [2.24, 2.45) is 0 Å². The molecule has 6 rings (SSSR count). The standard InChI is InChI=1S/C42H45N5O7S4/c1-4-24-46(35-11-7-5-8-12-35)41(49)30-56-40-22-20-37(29-44-40)57(50,51)45(3)34-18-15-32(16-19-34)33-17-21-38(31(2)48)39(28-33)54-26-25-47(42-43-23-27-55-42)58(52,53)36-13-9-6-10-14-36/h4-14,17,20-23,27-29,32,34H,1,15-16,18-19,24-26,30H2,2-3H3. The molecule has 0 N–H and O–H groups in total. The van der Waals surface area contributed by atoms with Crippen LogP contribution in [0.25, 0.3) is 0 Å². The van der Waals surface area contributed by atoms with E-state index in [1.54, 1.807) is 59.9 Å². The van der Waals surface area contributed by atoms with Gasteiger partial charge >= 0.3 is 0 Å². The molecule has 1 amide bonds. The molecule has 1 aliphatic rings. The fourth-order valence-corrected chi connectivity index (χ4v) is 11.3. The molecule has 12 nitrogen and oxygen atoms in total. The fraction of sp³-hybridized carbons (Fsp3) is 0.286. The summed E-state index contributed by atoms with van der Waals surface area (Å²) >= 11 is 2.44. The van der Waals surface area contributed by atoms with Crippen molar-refractivity contribution in [1.82, 2.24) is 14.3 Å². The third-order valence-corrected chi connectivity index (χ3v) is 15.5. The molecule has 0 unspecified atom stereocenters. The summed E-state index contributed by atoms with van der Waals surface area (Å²) in [7, 11) is -6.17. The Hall–Kier alpha value is -4.87. The number of para-hydroxylation sites is 1. The largest absolute Gasteiger partial charge is 0.491 e. The normalized spacial score (nSPS) is 15.8. The molecule has 2 aromatic heterocycles. The second-order valence-electron chi connectivity index (χ2n) is 13.6. The number of ketones is 1. The zero-order valence-corrected chi connectivity index (χ0v) is 35.5. The SMILES string of the molecule is C=CCN(C(=O)CSc1ccc(S(=O)(=O)N(C)C2CCC(c3ccc(C(C)=O)c(OCCN(c4nccs4)S(=O)(=O)c4ccccc4)c3)CC2)cn1)c1ccccc1. The zero-order valence-electron chi connectivity index (χ0n) is 32.2. The van der Waals surface area contributed by atoms with E-state index < -0.39 is 20.0 Å². The minimum atomic E-state index is -3.92. The fourth-order valence-electron chi connectivity index (χ4n) is 6.86. The van der Waals surface area contributed by atoms with Crippen molar-refractivity contribution in [2.45, 2.75) is 59.4 Å². The van der Waals surface area contributed by atoms with Gasteiger partial charge in [-0.1, -0.05) is 60.3 Å². The summed E-state index contributed by atoms with van der Waals surface area (Å²) in [5, 5.41) is 2.55. The van der Waals surface area contributed by atoms with Crippen molar-refractivity contribution in [3.63, 3.8) is 0 Å². The average Bonchev–Trinajstić information content (AvgIpc) is 3.78. The molecular formula is C42H45N5O7S4. The molecule has 0 bridgehead atoms. The Morgan fingerprint density at radius 1 is 0.897 bits per heavy atom. The van der Waals surface area contributed by atoms with Gasteiger partial charge in [0, 0.05) is 43.1 Å². The first-order valence-electron chi connectivity index (χ1n) is 18.7. The first kappa shape index (κ1) is 42.7. The Morgan fingerprint density at radius 2 is 1.60 bits per heavy atom. The van der Waals surface area contributed by atoms with E-state index in [0.29, 0.717) is 53.7 Å². The molecule has 16 heteroatoms. The quantitative estimate of drug-likeness (QED) is 0.0489. The molecule has 1 fully saturated rings. The van der Waals surface area contributed by atoms with E-state index >= 15 is 0 Å². The van der Waals surface area contributed by atoms with Gasteiger partial charge in [-0.15, -0.1) is 17.9 Å². The van der Waals surface area contributed by atoms with Gasteiger partial charge in [-0.2, -0.15) is 4.31 Å². The van der Waals surface area contributed by atoms with Gasteiger partial charge in [0.2, 0.25) is 15.9 Å². The summed E-state index contributed by atoms with van der Waals surface area (Å²) in [6, 6.07) is 25.9. The number of nitrogens with zero attached hydrogens (tertiary/aromatic N) is 5. The molecule has 0 radical (unpaired) electrons. The first-order chi connectivity index (χ1) is 27.9. The third kappa shape index (κ3) is 10.0. The number of hydrogen-bond donors (Lipinski definition) is 0. The van der Waals surface area contributed by atoms with Crippen LogP contribution in [-0.4, -0.2) is 81.3 Å². The monoisotopic (exact) mass is 859 g/mol. The summed E-state index contributed by atoms with van der Waals surface area (Å²) in [5.74, 6) is 0.298. The third-order valence-electron chi connectivity index (χ3n) is 9.99. The van der Waals surface area contributed by atoms with Crippen LogP contribution in [0.5, 0.6) is 5.75 Å². The van der Waals surface area contributed by atoms with Crippen molar-refractivity contribution in [1.29, 1.82) is 0 Å². The average molecular weight is 860 g/mol. The van der Waals surface area contributed by atoms with Gasteiger partial charge in [-0.3, -0.25) is 9.59 Å². The van der Waals surface area contributed by atoms with Crippen LogP contribution in [0.4, 0.5) is 10.8 Å². The number of pyridine rings is 1. The summed E-state index contributed by atoms with van der Waals surface area (Å²) in [6.07, 6.45) is 7.22. The number of hydrogen-bond acceptors (Lipinski definition) is 11. The number of carbonyl (C=O) groups is 2. The van der Waals surface area contributed by atoms with Crippen LogP contribution in [0.1, 0.15) is 54.4 Å². The number of sulfonamides is 2. The van der Waals surface area contributed by atoms with Gasteiger partial charge in [0.25, 0.3) is 10.0 Å². The minimum Gasteiger partial charge on any atom is -0.491 e. The van der Waals surface area contributed by atoms with Gasteiger partial charge in [-0.25, -0.2) is 31.1 Å². The molecule has 2 heterocycles. The highest BCUT2D eigenvalue weighted by molar-refractivity contribution is 7.99. The number of thioether (sulfide) groups is 1. The lowest BCUT2D eigenvalue weighted by molar-refractivity contribution is -0.116. The lowest BCUT2D eigenvalue weighted by Gasteiger charge is -2.34. The lowest BCUT2D eigenvalue weighted by atomic mass is 9.81. The van der Waals surface area contributed by atoms with Crippen LogP contribution in [0.2, 0.25) is 0 Å². The van der Waals surface area contributed by atoms with Crippen LogP contribution in [-0.2, 0) is 24.8 Å². The number of carbonyl (C=O) groups excluding carboxylic acids is 2. The zero-order chi connectivity index (χ0) is 41.3. The first-order valence-corrected chi connectivity index (χ1v) is 23.4. The van der Waals surface area contributed by atoms with E-state index in [0.717, 1.165) is 11.3 Å². The summed E-state index contributed by atoms with van der Waals surface area (Å²) in [4.78, 5) is 36.1. The predicted octanol–water partition coefficient (Wildman–Crippen LogP) is 7.67. The number of rotatable bonds is 18. The number of benzene rings is 3. The van der Waals surface area contributed by atoms with E-state index in [9.17, 15) is 26.4 Å². The molecule has 0 atom stereocenters. The molecular weight excluding hydrogens is 815 g/mol. The van der Waals surface area contributed by atoms with Gasteiger partial charge in [0.1, 0.15) is 17.3 Å². The maximum absolute atomic E-state index is 13.7. The Labute approximate surface area is 348 Å². The van der Waals surface area contributed by atoms with E-state index in [4.69, 9.17) is 4.74 Å². The molecule has 304 valence electrons. The maximum atomic E-state index is 13.7. The topological polar surface area (TPSA) is 147 Å². The number of thiazole rings is 1. The van der Waals surface area contributed by atoms with Crippen molar-refractivity contribution >= 4 is 65.7 Å². The van der Waals surface area contributed by atoms with Gasteiger partial charge in [-0.05, 0) is 92.6 Å². The Bertz CT molecular complexity index is 2390. The van der Waals surface area contributed by atoms with Gasteiger partial charge < -0.3 is 9.64 Å². The summed E-state index contributed by atoms with van der Waals surface area (Å²) in [6.45, 7) is 5.53. The highest BCUT2D eigenvalue weighted by Gasteiger charge is 2.33. The van der Waals surface area contributed by atoms with E-state index in [1.165, 1.54) is 63.0 Å². The molecule has 5 aromatic rings. The van der Waals surface area contributed by atoms with Gasteiger partial charge in [0.15, 0.2) is 10.9 Å². The van der Waals surface area contributed by atoms with E-state index in [-0.39, 0.29) is 52.3 Å². The van der Waals surface area contributed by atoms with Crippen LogP contribution < -0.4 is 13.9 Å². The maximum Gasteiger partial charge on any atom is 0.266 e. The smallest absolute Gasteiger partial charge is 0.266 e. The summed E-state index contributed by atoms with van der Waals surface area (Å²) < 4.78 is 63.4.